The van der Waals surface area contributed by atoms with Crippen LogP contribution in [-0.2, 0) is 0 Å². The van der Waals surface area contributed by atoms with Gasteiger partial charge in [0, 0.05) is 12.0 Å². The van der Waals surface area contributed by atoms with Gasteiger partial charge in [-0.3, -0.25) is 0 Å². The first-order valence-electron chi connectivity index (χ1n) is 5.23. The SMILES string of the molecule is C[N+]1(C)CC=CCC1c1ccccc1. The van der Waals surface area contributed by atoms with E-state index >= 15 is 0 Å². The van der Waals surface area contributed by atoms with Crippen LogP contribution < -0.4 is 0 Å². The number of rotatable bonds is 1. The first-order chi connectivity index (χ1) is 6.70. The van der Waals surface area contributed by atoms with Crippen molar-refractivity contribution in [2.24, 2.45) is 0 Å². The summed E-state index contributed by atoms with van der Waals surface area (Å²) in [7, 11) is 4.61. The Morgan fingerprint density at radius 3 is 2.43 bits per heavy atom. The number of hydrogen-bond donors (Lipinski definition) is 0. The monoisotopic (exact) mass is 188 g/mol. The topological polar surface area (TPSA) is 0 Å². The third-order valence-electron chi connectivity index (χ3n) is 3.13. The highest BCUT2D eigenvalue weighted by atomic mass is 15.3. The van der Waals surface area contributed by atoms with E-state index in [1.807, 2.05) is 0 Å². The zero-order chi connectivity index (χ0) is 10.0. The van der Waals surface area contributed by atoms with E-state index in [0.29, 0.717) is 6.04 Å². The first kappa shape index (κ1) is 9.47. The Morgan fingerprint density at radius 1 is 1.07 bits per heavy atom. The van der Waals surface area contributed by atoms with Crippen LogP contribution in [0.25, 0.3) is 0 Å². The maximum Gasteiger partial charge on any atom is 0.118 e. The minimum atomic E-state index is 0.626. The molecule has 0 saturated carbocycles. The molecule has 0 N–H and O–H groups in total. The number of hydrogen-bond acceptors (Lipinski definition) is 0. The van der Waals surface area contributed by atoms with E-state index in [-0.39, 0.29) is 0 Å². The van der Waals surface area contributed by atoms with Gasteiger partial charge in [-0.25, -0.2) is 0 Å². The molecule has 0 bridgehead atoms. The maximum atomic E-state index is 2.31. The minimum Gasteiger partial charge on any atom is -0.319 e. The summed E-state index contributed by atoms with van der Waals surface area (Å²) in [5.74, 6) is 0. The lowest BCUT2D eigenvalue weighted by Gasteiger charge is -2.39. The number of benzene rings is 1. The Labute approximate surface area is 86.3 Å². The van der Waals surface area contributed by atoms with Crippen LogP contribution in [0.1, 0.15) is 18.0 Å². The summed E-state index contributed by atoms with van der Waals surface area (Å²) in [6, 6.07) is 11.5. The average Bonchev–Trinajstić information content (AvgIpc) is 2.18. The molecular formula is C13H18N+. The van der Waals surface area contributed by atoms with Gasteiger partial charge in [0.1, 0.15) is 6.04 Å². The second-order valence-electron chi connectivity index (χ2n) is 4.59. The van der Waals surface area contributed by atoms with Crippen LogP contribution in [0.5, 0.6) is 0 Å². The van der Waals surface area contributed by atoms with E-state index in [2.05, 4.69) is 56.6 Å². The predicted molar refractivity (Wildman–Crippen MR) is 59.9 cm³/mol. The lowest BCUT2D eigenvalue weighted by Crippen LogP contribution is -2.44. The van der Waals surface area contributed by atoms with Crippen LogP contribution in [0.2, 0.25) is 0 Å². The molecule has 1 aliphatic heterocycles. The van der Waals surface area contributed by atoms with Crippen LogP contribution in [0.4, 0.5) is 0 Å². The van der Waals surface area contributed by atoms with Crippen LogP contribution in [0.3, 0.4) is 0 Å². The predicted octanol–water partition coefficient (Wildman–Crippen LogP) is 2.76. The molecule has 0 spiro atoms. The lowest BCUT2D eigenvalue weighted by molar-refractivity contribution is -0.917. The van der Waals surface area contributed by atoms with Gasteiger partial charge in [-0.15, -0.1) is 0 Å². The number of quaternary nitrogens is 1. The molecule has 14 heavy (non-hydrogen) atoms. The van der Waals surface area contributed by atoms with E-state index in [9.17, 15) is 0 Å². The fourth-order valence-corrected chi connectivity index (χ4v) is 2.20. The van der Waals surface area contributed by atoms with Gasteiger partial charge in [-0.2, -0.15) is 0 Å². The van der Waals surface area contributed by atoms with E-state index in [1.54, 1.807) is 0 Å². The summed E-state index contributed by atoms with van der Waals surface area (Å²) in [5.41, 5.74) is 1.46. The fraction of sp³-hybridized carbons (Fsp3) is 0.385. The number of nitrogens with zero attached hydrogens (tertiary/aromatic N) is 1. The summed E-state index contributed by atoms with van der Waals surface area (Å²) >= 11 is 0. The molecule has 1 nitrogen and oxygen atoms in total. The van der Waals surface area contributed by atoms with Crippen molar-refractivity contribution in [3.05, 3.63) is 48.0 Å². The third kappa shape index (κ3) is 1.73. The molecule has 0 saturated heterocycles. The highest BCUT2D eigenvalue weighted by Crippen LogP contribution is 2.31. The Morgan fingerprint density at radius 2 is 1.79 bits per heavy atom. The largest absolute Gasteiger partial charge is 0.319 e. The smallest absolute Gasteiger partial charge is 0.118 e. The van der Waals surface area contributed by atoms with Crippen LogP contribution in [-0.4, -0.2) is 25.1 Å². The van der Waals surface area contributed by atoms with E-state index in [4.69, 9.17) is 0 Å². The number of likely N-dealkylation sites (N-methyl/N-ethyl adjacent to an activating group) is 1. The molecule has 1 aromatic rings. The molecule has 0 aliphatic carbocycles. The molecule has 74 valence electrons. The van der Waals surface area contributed by atoms with Gasteiger partial charge in [-0.05, 0) is 6.08 Å². The highest BCUT2D eigenvalue weighted by molar-refractivity contribution is 5.19. The van der Waals surface area contributed by atoms with Gasteiger partial charge < -0.3 is 4.48 Å². The Kier molecular flexibility index (Phi) is 2.42. The average molecular weight is 188 g/mol. The van der Waals surface area contributed by atoms with Crippen molar-refractivity contribution in [1.29, 1.82) is 0 Å². The molecule has 1 atom stereocenters. The molecule has 1 heterocycles. The van der Waals surface area contributed by atoms with E-state index < -0.39 is 0 Å². The Balaban J connectivity index is 2.30. The summed E-state index contributed by atoms with van der Waals surface area (Å²) in [6.07, 6.45) is 5.76. The second kappa shape index (κ2) is 3.58. The quantitative estimate of drug-likeness (QED) is 0.469. The van der Waals surface area contributed by atoms with Gasteiger partial charge in [-0.1, -0.05) is 36.4 Å². The molecule has 0 radical (unpaired) electrons. The van der Waals surface area contributed by atoms with Crippen molar-refractivity contribution < 1.29 is 4.48 Å². The highest BCUT2D eigenvalue weighted by Gasteiger charge is 2.29. The molecule has 1 heteroatoms. The minimum absolute atomic E-state index is 0.626. The normalized spacial score (nSPS) is 24.9. The van der Waals surface area contributed by atoms with Gasteiger partial charge in [0.15, 0.2) is 0 Å². The Hall–Kier alpha value is -1.08. The summed E-state index contributed by atoms with van der Waals surface area (Å²) in [6.45, 7) is 1.14. The van der Waals surface area contributed by atoms with Crippen molar-refractivity contribution in [2.45, 2.75) is 12.5 Å². The zero-order valence-electron chi connectivity index (χ0n) is 8.98. The standard InChI is InChI=1S/C13H18N/c1-14(2)11-7-6-10-13(14)12-8-4-3-5-9-12/h3-9,13H,10-11H2,1-2H3/q+1. The van der Waals surface area contributed by atoms with E-state index in [0.717, 1.165) is 17.4 Å². The van der Waals surface area contributed by atoms with Gasteiger partial charge in [0.25, 0.3) is 0 Å². The molecule has 1 aromatic carbocycles. The first-order valence-corrected chi connectivity index (χ1v) is 5.23. The van der Waals surface area contributed by atoms with E-state index in [1.165, 1.54) is 5.56 Å². The molecular weight excluding hydrogens is 170 g/mol. The summed E-state index contributed by atoms with van der Waals surface area (Å²) in [4.78, 5) is 0. The Bertz CT molecular complexity index is 324. The van der Waals surface area contributed by atoms with Gasteiger partial charge in [0.2, 0.25) is 0 Å². The van der Waals surface area contributed by atoms with Gasteiger partial charge >= 0.3 is 0 Å². The van der Waals surface area contributed by atoms with Crippen LogP contribution in [0, 0.1) is 0 Å². The second-order valence-corrected chi connectivity index (χ2v) is 4.59. The van der Waals surface area contributed by atoms with Crippen LogP contribution in [0.15, 0.2) is 42.5 Å². The van der Waals surface area contributed by atoms with Crippen molar-refractivity contribution >= 4 is 0 Å². The molecule has 0 amide bonds. The summed E-state index contributed by atoms with van der Waals surface area (Å²) < 4.78 is 1.07. The van der Waals surface area contributed by atoms with Gasteiger partial charge in [0.05, 0.1) is 20.6 Å². The van der Waals surface area contributed by atoms with Crippen molar-refractivity contribution in [2.75, 3.05) is 20.6 Å². The van der Waals surface area contributed by atoms with Crippen molar-refractivity contribution in [3.8, 4) is 0 Å². The summed E-state index contributed by atoms with van der Waals surface area (Å²) in [5, 5.41) is 0. The van der Waals surface area contributed by atoms with Crippen molar-refractivity contribution in [3.63, 3.8) is 0 Å². The molecule has 0 fully saturated rings. The molecule has 1 aliphatic rings. The zero-order valence-corrected chi connectivity index (χ0v) is 8.98. The molecule has 2 rings (SSSR count). The fourth-order valence-electron chi connectivity index (χ4n) is 2.20. The molecule has 1 unspecified atom stereocenters. The molecule has 0 aromatic heterocycles. The van der Waals surface area contributed by atoms with Crippen LogP contribution >= 0.6 is 0 Å². The lowest BCUT2D eigenvalue weighted by atomic mass is 9.97. The third-order valence-corrected chi connectivity index (χ3v) is 3.13. The van der Waals surface area contributed by atoms with Crippen molar-refractivity contribution in [1.82, 2.24) is 0 Å². The maximum absolute atomic E-state index is 2.31.